The summed E-state index contributed by atoms with van der Waals surface area (Å²) in [6.07, 6.45) is 5.80. The Balaban J connectivity index is 2.77. The Hall–Kier alpha value is -1.08. The van der Waals surface area contributed by atoms with Crippen molar-refractivity contribution in [3.8, 4) is 0 Å². The summed E-state index contributed by atoms with van der Waals surface area (Å²) < 4.78 is 0. The largest absolute Gasteiger partial charge is 0.392 e. The third kappa shape index (κ3) is 3.88. The van der Waals surface area contributed by atoms with Crippen LogP contribution in [0, 0.1) is 0 Å². The third-order valence-corrected chi connectivity index (χ3v) is 2.55. The minimum atomic E-state index is 0.119. The molecule has 0 aliphatic heterocycles. The van der Waals surface area contributed by atoms with Gasteiger partial charge in [0.25, 0.3) is 0 Å². The van der Waals surface area contributed by atoms with Crippen molar-refractivity contribution < 1.29 is 5.11 Å². The first-order valence-electron chi connectivity index (χ1n) is 5.64. The van der Waals surface area contributed by atoms with Gasteiger partial charge in [-0.1, -0.05) is 49.3 Å². The van der Waals surface area contributed by atoms with Crippen LogP contribution in [0.25, 0.3) is 6.08 Å². The van der Waals surface area contributed by atoms with Crippen molar-refractivity contribution in [2.45, 2.75) is 39.7 Å². The van der Waals surface area contributed by atoms with Gasteiger partial charge in [0.2, 0.25) is 0 Å². The Morgan fingerprint density at radius 2 is 2.07 bits per heavy atom. The molecule has 1 aromatic rings. The molecule has 1 heteroatoms. The van der Waals surface area contributed by atoms with E-state index in [-0.39, 0.29) is 6.61 Å². The van der Waals surface area contributed by atoms with Gasteiger partial charge >= 0.3 is 0 Å². The van der Waals surface area contributed by atoms with Crippen LogP contribution in [0.5, 0.6) is 0 Å². The average molecular weight is 204 g/mol. The molecule has 1 rings (SSSR count). The molecule has 0 bridgehead atoms. The fourth-order valence-corrected chi connectivity index (χ4v) is 1.61. The van der Waals surface area contributed by atoms with E-state index in [1.54, 1.807) is 0 Å². The maximum absolute atomic E-state index is 9.18. The predicted octanol–water partition coefficient (Wildman–Crippen LogP) is 3.77. The monoisotopic (exact) mass is 204 g/mol. The first kappa shape index (κ1) is 12.0. The maximum atomic E-state index is 9.18. The zero-order valence-corrected chi connectivity index (χ0v) is 9.66. The topological polar surface area (TPSA) is 20.2 Å². The summed E-state index contributed by atoms with van der Waals surface area (Å²) in [6.45, 7) is 4.48. The quantitative estimate of drug-likeness (QED) is 0.774. The van der Waals surface area contributed by atoms with Crippen molar-refractivity contribution in [1.29, 1.82) is 0 Å². The molecule has 0 atom stereocenters. The smallest absolute Gasteiger partial charge is 0.0687 e. The van der Waals surface area contributed by atoms with E-state index in [0.29, 0.717) is 0 Å². The number of rotatable bonds is 5. The van der Waals surface area contributed by atoms with Crippen molar-refractivity contribution >= 4 is 6.08 Å². The average Bonchev–Trinajstić information content (AvgIpc) is 2.27. The van der Waals surface area contributed by atoms with E-state index in [2.05, 4.69) is 26.0 Å². The van der Waals surface area contributed by atoms with Gasteiger partial charge in [-0.15, -0.1) is 0 Å². The summed E-state index contributed by atoms with van der Waals surface area (Å²) in [5.74, 6) is 0. The van der Waals surface area contributed by atoms with Gasteiger partial charge in [0, 0.05) is 0 Å². The molecule has 0 saturated heterocycles. The molecule has 15 heavy (non-hydrogen) atoms. The molecule has 0 saturated carbocycles. The second kappa shape index (κ2) is 6.41. The van der Waals surface area contributed by atoms with E-state index in [4.69, 9.17) is 0 Å². The number of benzene rings is 1. The fraction of sp³-hybridized carbons (Fsp3) is 0.429. The van der Waals surface area contributed by atoms with Crippen LogP contribution in [0.15, 0.2) is 29.8 Å². The third-order valence-electron chi connectivity index (χ3n) is 2.55. The molecule has 0 aromatic heterocycles. The summed E-state index contributed by atoms with van der Waals surface area (Å²) in [6, 6.07) is 8.00. The first-order chi connectivity index (χ1) is 7.27. The van der Waals surface area contributed by atoms with Gasteiger partial charge in [-0.3, -0.25) is 0 Å². The molecular weight excluding hydrogens is 184 g/mol. The van der Waals surface area contributed by atoms with Crippen molar-refractivity contribution in [3.63, 3.8) is 0 Å². The molecule has 0 spiro atoms. The minimum Gasteiger partial charge on any atom is -0.392 e. The van der Waals surface area contributed by atoms with E-state index < -0.39 is 0 Å². The zero-order chi connectivity index (χ0) is 11.1. The molecule has 0 heterocycles. The Labute approximate surface area is 92.5 Å². The molecule has 82 valence electrons. The highest BCUT2D eigenvalue weighted by molar-refractivity contribution is 5.56. The highest BCUT2D eigenvalue weighted by atomic mass is 16.3. The number of unbranched alkanes of at least 4 members (excludes halogenated alkanes) is 1. The first-order valence-corrected chi connectivity index (χ1v) is 5.64. The van der Waals surface area contributed by atoms with Crippen molar-refractivity contribution in [1.82, 2.24) is 0 Å². The molecule has 0 amide bonds. The molecule has 0 aliphatic carbocycles. The number of hydrogen-bond acceptors (Lipinski definition) is 1. The van der Waals surface area contributed by atoms with Crippen LogP contribution in [0.2, 0.25) is 0 Å². The molecule has 0 fully saturated rings. The molecule has 1 aromatic carbocycles. The van der Waals surface area contributed by atoms with Crippen LogP contribution < -0.4 is 0 Å². The Morgan fingerprint density at radius 1 is 1.33 bits per heavy atom. The molecule has 1 nitrogen and oxygen atoms in total. The van der Waals surface area contributed by atoms with E-state index in [1.807, 2.05) is 18.2 Å². The van der Waals surface area contributed by atoms with Gasteiger partial charge in [0.15, 0.2) is 0 Å². The van der Waals surface area contributed by atoms with E-state index in [1.165, 1.54) is 18.4 Å². The highest BCUT2D eigenvalue weighted by Crippen LogP contribution is 2.16. The van der Waals surface area contributed by atoms with Crippen LogP contribution in [-0.4, -0.2) is 5.11 Å². The summed E-state index contributed by atoms with van der Waals surface area (Å²) in [7, 11) is 0. The SMILES string of the molecule is CCCC/C(C)=C/c1ccccc1CO. The Morgan fingerprint density at radius 3 is 2.73 bits per heavy atom. The van der Waals surface area contributed by atoms with Crippen LogP contribution in [0.3, 0.4) is 0 Å². The predicted molar refractivity (Wildman–Crippen MR) is 65.5 cm³/mol. The fourth-order valence-electron chi connectivity index (χ4n) is 1.61. The van der Waals surface area contributed by atoms with Gasteiger partial charge < -0.3 is 5.11 Å². The molecule has 1 N–H and O–H groups in total. The van der Waals surface area contributed by atoms with Gasteiger partial charge in [0.05, 0.1) is 6.61 Å². The second-order valence-corrected chi connectivity index (χ2v) is 3.95. The zero-order valence-electron chi connectivity index (χ0n) is 9.66. The summed E-state index contributed by atoms with van der Waals surface area (Å²) in [5.41, 5.74) is 3.54. The molecule has 0 aliphatic rings. The Kier molecular flexibility index (Phi) is 5.13. The van der Waals surface area contributed by atoms with Gasteiger partial charge in [-0.05, 0) is 30.9 Å². The van der Waals surface area contributed by atoms with E-state index in [0.717, 1.165) is 17.5 Å². The number of aliphatic hydroxyl groups excluding tert-OH is 1. The van der Waals surface area contributed by atoms with E-state index >= 15 is 0 Å². The lowest BCUT2D eigenvalue weighted by molar-refractivity contribution is 0.281. The normalized spacial score (nSPS) is 11.8. The van der Waals surface area contributed by atoms with Gasteiger partial charge in [-0.2, -0.15) is 0 Å². The lowest BCUT2D eigenvalue weighted by Gasteiger charge is -2.04. The second-order valence-electron chi connectivity index (χ2n) is 3.95. The number of hydrogen-bond donors (Lipinski definition) is 1. The standard InChI is InChI=1S/C14H20O/c1-3-4-7-12(2)10-13-8-5-6-9-14(13)11-15/h5-6,8-10,15H,3-4,7,11H2,1-2H3/b12-10+. The Bertz CT molecular complexity index is 326. The lowest BCUT2D eigenvalue weighted by Crippen LogP contribution is -1.88. The van der Waals surface area contributed by atoms with Crippen molar-refractivity contribution in [2.24, 2.45) is 0 Å². The number of allylic oxidation sites excluding steroid dienone is 1. The maximum Gasteiger partial charge on any atom is 0.0687 e. The molecule has 0 unspecified atom stereocenters. The summed E-state index contributed by atoms with van der Waals surface area (Å²) in [4.78, 5) is 0. The highest BCUT2D eigenvalue weighted by Gasteiger charge is 1.97. The number of aliphatic hydroxyl groups is 1. The lowest BCUT2D eigenvalue weighted by atomic mass is 10.0. The van der Waals surface area contributed by atoms with Gasteiger partial charge in [0.1, 0.15) is 0 Å². The van der Waals surface area contributed by atoms with E-state index in [9.17, 15) is 5.11 Å². The molecule has 0 radical (unpaired) electrons. The van der Waals surface area contributed by atoms with Crippen LogP contribution in [-0.2, 0) is 6.61 Å². The summed E-state index contributed by atoms with van der Waals surface area (Å²) in [5, 5.41) is 9.18. The van der Waals surface area contributed by atoms with Crippen molar-refractivity contribution in [2.75, 3.05) is 0 Å². The minimum absolute atomic E-state index is 0.119. The van der Waals surface area contributed by atoms with Crippen LogP contribution >= 0.6 is 0 Å². The summed E-state index contributed by atoms with van der Waals surface area (Å²) >= 11 is 0. The molecular formula is C14H20O. The van der Waals surface area contributed by atoms with Crippen LogP contribution in [0.4, 0.5) is 0 Å². The van der Waals surface area contributed by atoms with Gasteiger partial charge in [-0.25, -0.2) is 0 Å². The van der Waals surface area contributed by atoms with Crippen molar-refractivity contribution in [3.05, 3.63) is 41.0 Å². The van der Waals surface area contributed by atoms with Crippen LogP contribution in [0.1, 0.15) is 44.2 Å².